The Kier molecular flexibility index (Phi) is 8.00. The van der Waals surface area contributed by atoms with Crippen LogP contribution in [0.15, 0.2) is 97.1 Å². The molecule has 182 valence electrons. The zero-order valence-corrected chi connectivity index (χ0v) is 20.1. The lowest BCUT2D eigenvalue weighted by atomic mass is 10.0. The third-order valence-electron chi connectivity index (χ3n) is 5.63. The Morgan fingerprint density at radius 3 is 2.03 bits per heavy atom. The largest absolute Gasteiger partial charge is 0.493 e. The van der Waals surface area contributed by atoms with Gasteiger partial charge in [-0.2, -0.15) is 10.5 Å². The molecular weight excluding hydrogens is 464 g/mol. The van der Waals surface area contributed by atoms with Crippen LogP contribution in [0.1, 0.15) is 28.3 Å². The van der Waals surface area contributed by atoms with Crippen molar-refractivity contribution in [1.82, 2.24) is 0 Å². The van der Waals surface area contributed by atoms with Crippen LogP contribution < -0.4 is 20.1 Å². The molecule has 0 aliphatic rings. The summed E-state index contributed by atoms with van der Waals surface area (Å²) < 4.78 is 11.5. The lowest BCUT2D eigenvalue weighted by Crippen LogP contribution is -2.27. The van der Waals surface area contributed by atoms with E-state index in [1.807, 2.05) is 36.4 Å². The summed E-state index contributed by atoms with van der Waals surface area (Å²) in [6, 6.07) is 32.0. The van der Waals surface area contributed by atoms with E-state index in [-0.39, 0.29) is 5.91 Å². The van der Waals surface area contributed by atoms with E-state index < -0.39 is 6.04 Å². The number of benzene rings is 4. The topological polar surface area (TPSA) is 107 Å². The quantitative estimate of drug-likeness (QED) is 0.308. The molecule has 0 saturated heterocycles. The molecule has 0 radical (unpaired) electrons. The van der Waals surface area contributed by atoms with E-state index in [1.54, 1.807) is 67.8 Å². The van der Waals surface area contributed by atoms with E-state index in [0.29, 0.717) is 46.2 Å². The lowest BCUT2D eigenvalue weighted by molar-refractivity contribution is -0.117. The number of rotatable bonds is 9. The highest BCUT2D eigenvalue weighted by Gasteiger charge is 2.23. The van der Waals surface area contributed by atoms with Crippen molar-refractivity contribution >= 4 is 17.3 Å². The van der Waals surface area contributed by atoms with Crippen LogP contribution in [-0.4, -0.2) is 13.0 Å². The number of ether oxygens (including phenoxy) is 2. The van der Waals surface area contributed by atoms with E-state index in [9.17, 15) is 4.79 Å². The van der Waals surface area contributed by atoms with Crippen LogP contribution >= 0.6 is 0 Å². The van der Waals surface area contributed by atoms with Crippen LogP contribution in [-0.2, 0) is 11.4 Å². The number of hydrogen-bond donors (Lipinski definition) is 2. The highest BCUT2D eigenvalue weighted by Crippen LogP contribution is 2.33. The Balaban J connectivity index is 1.60. The number of amides is 1. The van der Waals surface area contributed by atoms with Gasteiger partial charge in [0.2, 0.25) is 0 Å². The van der Waals surface area contributed by atoms with Crippen molar-refractivity contribution in [3.8, 4) is 23.6 Å². The van der Waals surface area contributed by atoms with Crippen LogP contribution in [0.4, 0.5) is 11.4 Å². The lowest BCUT2D eigenvalue weighted by Gasteiger charge is -2.21. The van der Waals surface area contributed by atoms with Gasteiger partial charge in [0.1, 0.15) is 12.6 Å². The van der Waals surface area contributed by atoms with Gasteiger partial charge in [-0.05, 0) is 71.8 Å². The third-order valence-corrected chi connectivity index (χ3v) is 5.63. The van der Waals surface area contributed by atoms with Gasteiger partial charge in [-0.25, -0.2) is 0 Å². The molecule has 37 heavy (non-hydrogen) atoms. The first-order chi connectivity index (χ1) is 18.1. The normalized spacial score (nSPS) is 10.9. The van der Waals surface area contributed by atoms with Crippen molar-refractivity contribution in [2.45, 2.75) is 12.6 Å². The highest BCUT2D eigenvalue weighted by molar-refractivity contribution is 5.97. The molecule has 1 amide bonds. The SMILES string of the molecule is COc1cc([C@H](Nc2ccc(C#N)cc2)C(=O)Nc2ccc(C#N)cc2)ccc1OCc1ccccc1. The molecule has 1 atom stereocenters. The maximum atomic E-state index is 13.4. The van der Waals surface area contributed by atoms with Gasteiger partial charge in [-0.3, -0.25) is 4.79 Å². The molecule has 0 spiro atoms. The Hall–Kier alpha value is -5.27. The van der Waals surface area contributed by atoms with Crippen molar-refractivity contribution in [3.63, 3.8) is 0 Å². The van der Waals surface area contributed by atoms with Crippen molar-refractivity contribution in [3.05, 3.63) is 119 Å². The molecule has 0 unspecified atom stereocenters. The summed E-state index contributed by atoms with van der Waals surface area (Å²) in [4.78, 5) is 13.4. The Bertz CT molecular complexity index is 1440. The summed E-state index contributed by atoms with van der Waals surface area (Å²) in [5, 5.41) is 24.3. The number of hydrogen-bond acceptors (Lipinski definition) is 6. The van der Waals surface area contributed by atoms with E-state index in [1.165, 1.54) is 0 Å². The van der Waals surface area contributed by atoms with Gasteiger partial charge >= 0.3 is 0 Å². The van der Waals surface area contributed by atoms with Crippen LogP contribution in [0.2, 0.25) is 0 Å². The van der Waals surface area contributed by atoms with Gasteiger partial charge in [0.25, 0.3) is 5.91 Å². The highest BCUT2D eigenvalue weighted by atomic mass is 16.5. The summed E-state index contributed by atoms with van der Waals surface area (Å²) in [7, 11) is 1.55. The first-order valence-corrected chi connectivity index (χ1v) is 11.5. The fraction of sp³-hybridized carbons (Fsp3) is 0.100. The Morgan fingerprint density at radius 2 is 1.43 bits per heavy atom. The number of anilines is 2. The monoisotopic (exact) mass is 488 g/mol. The minimum absolute atomic E-state index is 0.311. The van der Waals surface area contributed by atoms with Crippen LogP contribution in [0.5, 0.6) is 11.5 Å². The fourth-order valence-corrected chi connectivity index (χ4v) is 3.67. The van der Waals surface area contributed by atoms with E-state index in [0.717, 1.165) is 5.56 Å². The number of carbonyl (C=O) groups excluding carboxylic acids is 1. The summed E-state index contributed by atoms with van der Waals surface area (Å²) >= 11 is 0. The number of nitrogens with one attached hydrogen (secondary N) is 2. The smallest absolute Gasteiger partial charge is 0.251 e. The maximum absolute atomic E-state index is 13.4. The molecule has 0 aliphatic heterocycles. The first-order valence-electron chi connectivity index (χ1n) is 11.5. The minimum Gasteiger partial charge on any atom is -0.493 e. The first kappa shape index (κ1) is 24.8. The standard InChI is InChI=1S/C30H24N4O3/c1-36-28-17-24(11-16-27(28)37-20-23-5-3-2-4-6-23)29(33-25-12-7-21(18-31)8-13-25)30(35)34-26-14-9-22(19-32)10-15-26/h2-17,29,33H,20H2,1H3,(H,34,35)/t29-/m0/s1. The molecule has 2 N–H and O–H groups in total. The predicted octanol–water partition coefficient (Wildman–Crippen LogP) is 5.81. The summed E-state index contributed by atoms with van der Waals surface area (Å²) in [5.74, 6) is 0.736. The minimum atomic E-state index is -0.791. The van der Waals surface area contributed by atoms with Crippen molar-refractivity contribution in [1.29, 1.82) is 10.5 Å². The Morgan fingerprint density at radius 1 is 0.811 bits per heavy atom. The van der Waals surface area contributed by atoms with Crippen molar-refractivity contribution in [2.24, 2.45) is 0 Å². The molecule has 4 aromatic rings. The molecular formula is C30H24N4O3. The second-order valence-corrected chi connectivity index (χ2v) is 8.13. The van der Waals surface area contributed by atoms with Gasteiger partial charge in [-0.15, -0.1) is 0 Å². The summed E-state index contributed by atoms with van der Waals surface area (Å²) in [6.45, 7) is 0.378. The van der Waals surface area contributed by atoms with Crippen LogP contribution in [0.3, 0.4) is 0 Å². The Labute approximate surface area is 215 Å². The van der Waals surface area contributed by atoms with Gasteiger partial charge < -0.3 is 20.1 Å². The van der Waals surface area contributed by atoms with Crippen molar-refractivity contribution in [2.75, 3.05) is 17.7 Å². The average Bonchev–Trinajstić information content (AvgIpc) is 2.96. The molecule has 0 heterocycles. The molecule has 0 saturated carbocycles. The second-order valence-electron chi connectivity index (χ2n) is 8.13. The zero-order chi connectivity index (χ0) is 26.0. The number of nitrogens with zero attached hydrogens (tertiary/aromatic N) is 2. The molecule has 0 bridgehead atoms. The van der Waals surface area contributed by atoms with Crippen LogP contribution in [0.25, 0.3) is 0 Å². The predicted molar refractivity (Wildman–Crippen MR) is 141 cm³/mol. The molecule has 4 rings (SSSR count). The molecule has 0 fully saturated rings. The van der Waals surface area contributed by atoms with Gasteiger partial charge in [-0.1, -0.05) is 36.4 Å². The van der Waals surface area contributed by atoms with Crippen molar-refractivity contribution < 1.29 is 14.3 Å². The van der Waals surface area contributed by atoms with E-state index in [2.05, 4.69) is 22.8 Å². The number of carbonyl (C=O) groups is 1. The molecule has 0 aromatic heterocycles. The number of nitriles is 2. The second kappa shape index (κ2) is 11.9. The van der Waals surface area contributed by atoms with Crippen LogP contribution in [0, 0.1) is 22.7 Å². The molecule has 7 heteroatoms. The molecule has 0 aliphatic carbocycles. The zero-order valence-electron chi connectivity index (χ0n) is 20.1. The molecule has 7 nitrogen and oxygen atoms in total. The maximum Gasteiger partial charge on any atom is 0.251 e. The fourth-order valence-electron chi connectivity index (χ4n) is 3.67. The number of methoxy groups -OCH3 is 1. The third kappa shape index (κ3) is 6.45. The van der Waals surface area contributed by atoms with Gasteiger partial charge in [0.05, 0.1) is 30.4 Å². The summed E-state index contributed by atoms with van der Waals surface area (Å²) in [6.07, 6.45) is 0. The van der Waals surface area contributed by atoms with E-state index in [4.69, 9.17) is 20.0 Å². The summed E-state index contributed by atoms with van der Waals surface area (Å²) in [5.41, 5.74) is 3.93. The average molecular weight is 489 g/mol. The van der Waals surface area contributed by atoms with E-state index >= 15 is 0 Å². The van der Waals surface area contributed by atoms with Gasteiger partial charge in [0, 0.05) is 11.4 Å². The molecule has 4 aromatic carbocycles. The van der Waals surface area contributed by atoms with Gasteiger partial charge in [0.15, 0.2) is 11.5 Å².